The number of benzene rings is 3. The molecule has 0 aliphatic carbocycles. The maximum atomic E-state index is 12.9. The van der Waals surface area contributed by atoms with Crippen LogP contribution in [0.25, 0.3) is 5.69 Å². The molecule has 34 heavy (non-hydrogen) atoms. The summed E-state index contributed by atoms with van der Waals surface area (Å²) in [6.45, 7) is 2.05. The van der Waals surface area contributed by atoms with E-state index >= 15 is 0 Å². The van der Waals surface area contributed by atoms with Crippen LogP contribution < -0.4 is 14.8 Å². The number of carbonyl (C=O) groups is 1. The first-order valence-corrected chi connectivity index (χ1v) is 11.8. The Morgan fingerprint density at radius 2 is 1.76 bits per heavy atom. The van der Waals surface area contributed by atoms with E-state index in [9.17, 15) is 13.2 Å². The Hall–Kier alpha value is -4.18. The van der Waals surface area contributed by atoms with Gasteiger partial charge in [0, 0.05) is 17.8 Å². The maximum absolute atomic E-state index is 12.9. The Balaban J connectivity index is 1.45. The quantitative estimate of drug-likeness (QED) is 0.402. The van der Waals surface area contributed by atoms with Crippen LogP contribution in [-0.4, -0.2) is 36.2 Å². The van der Waals surface area contributed by atoms with Crippen molar-refractivity contribution >= 4 is 21.6 Å². The smallest absolute Gasteiger partial charge is 0.261 e. The van der Waals surface area contributed by atoms with Crippen LogP contribution in [-0.2, 0) is 16.6 Å². The fraction of sp³-hybridized carbons (Fsp3) is 0.125. The molecular formula is C24H23N5O4S. The van der Waals surface area contributed by atoms with E-state index in [2.05, 4.69) is 20.1 Å². The van der Waals surface area contributed by atoms with E-state index in [1.165, 1.54) is 25.6 Å². The van der Waals surface area contributed by atoms with E-state index < -0.39 is 10.0 Å². The number of aromatic nitrogens is 3. The van der Waals surface area contributed by atoms with Crippen LogP contribution in [0.15, 0.2) is 84.3 Å². The minimum atomic E-state index is -3.88. The van der Waals surface area contributed by atoms with Gasteiger partial charge in [0.1, 0.15) is 18.4 Å². The zero-order chi connectivity index (χ0) is 24.1. The summed E-state index contributed by atoms with van der Waals surface area (Å²) in [5, 5.41) is 6.93. The van der Waals surface area contributed by atoms with Gasteiger partial charge in [-0.05, 0) is 66.6 Å². The number of methoxy groups -OCH3 is 1. The first-order chi connectivity index (χ1) is 16.4. The molecule has 0 radical (unpaired) electrons. The molecule has 0 saturated heterocycles. The van der Waals surface area contributed by atoms with Crippen molar-refractivity contribution < 1.29 is 17.9 Å². The SMILES string of the molecule is COc1ccc(NS(=O)(=O)c2ccc(C)c(C(=O)NCc3ccc(-n4cncn4)cc3)c2)cc1. The van der Waals surface area contributed by atoms with E-state index in [4.69, 9.17) is 4.74 Å². The molecule has 2 N–H and O–H groups in total. The highest BCUT2D eigenvalue weighted by molar-refractivity contribution is 7.92. The van der Waals surface area contributed by atoms with Gasteiger partial charge in [-0.15, -0.1) is 0 Å². The van der Waals surface area contributed by atoms with Gasteiger partial charge in [-0.2, -0.15) is 5.10 Å². The number of nitrogens with zero attached hydrogens (tertiary/aromatic N) is 3. The van der Waals surface area contributed by atoms with Crippen molar-refractivity contribution in [1.82, 2.24) is 20.1 Å². The number of sulfonamides is 1. The molecule has 0 fully saturated rings. The van der Waals surface area contributed by atoms with Crippen molar-refractivity contribution in [2.75, 3.05) is 11.8 Å². The van der Waals surface area contributed by atoms with Crippen LogP contribution in [0.3, 0.4) is 0 Å². The second-order valence-electron chi connectivity index (χ2n) is 7.50. The molecule has 0 spiro atoms. The van der Waals surface area contributed by atoms with Crippen LogP contribution in [0, 0.1) is 6.92 Å². The molecule has 1 heterocycles. The number of aryl methyl sites for hydroxylation is 1. The first kappa shape index (κ1) is 23.0. The molecule has 174 valence electrons. The van der Waals surface area contributed by atoms with Crippen LogP contribution >= 0.6 is 0 Å². The molecule has 0 saturated carbocycles. The van der Waals surface area contributed by atoms with E-state index in [1.807, 2.05) is 24.3 Å². The first-order valence-electron chi connectivity index (χ1n) is 10.4. The lowest BCUT2D eigenvalue weighted by molar-refractivity contribution is 0.0950. The van der Waals surface area contributed by atoms with Gasteiger partial charge < -0.3 is 10.1 Å². The number of nitrogens with one attached hydrogen (secondary N) is 2. The van der Waals surface area contributed by atoms with Crippen LogP contribution in [0.1, 0.15) is 21.5 Å². The summed E-state index contributed by atoms with van der Waals surface area (Å²) in [7, 11) is -2.35. The molecule has 4 rings (SSSR count). The zero-order valence-corrected chi connectivity index (χ0v) is 19.4. The summed E-state index contributed by atoms with van der Waals surface area (Å²) in [5.41, 5.74) is 3.09. The highest BCUT2D eigenvalue weighted by atomic mass is 32.2. The molecule has 0 unspecified atom stereocenters. The van der Waals surface area contributed by atoms with Crippen molar-refractivity contribution in [3.05, 3.63) is 96.1 Å². The summed E-state index contributed by atoms with van der Waals surface area (Å²) in [6, 6.07) is 18.5. The predicted molar refractivity (Wildman–Crippen MR) is 128 cm³/mol. The van der Waals surface area contributed by atoms with Gasteiger partial charge in [0.2, 0.25) is 0 Å². The third-order valence-electron chi connectivity index (χ3n) is 5.18. The molecule has 1 aromatic heterocycles. The fourth-order valence-corrected chi connectivity index (χ4v) is 4.36. The van der Waals surface area contributed by atoms with Crippen LogP contribution in [0.5, 0.6) is 5.75 Å². The molecular weight excluding hydrogens is 454 g/mol. The normalized spacial score (nSPS) is 11.1. The Morgan fingerprint density at radius 3 is 2.41 bits per heavy atom. The molecule has 0 aliphatic heterocycles. The Bertz CT molecular complexity index is 1380. The van der Waals surface area contributed by atoms with E-state index in [0.717, 1.165) is 11.3 Å². The van der Waals surface area contributed by atoms with Gasteiger partial charge in [0.15, 0.2) is 0 Å². The average molecular weight is 478 g/mol. The summed E-state index contributed by atoms with van der Waals surface area (Å²) < 4.78 is 35.0. The fourth-order valence-electron chi connectivity index (χ4n) is 3.27. The Kier molecular flexibility index (Phi) is 6.60. The standard InChI is InChI=1S/C24H23N5O4S/c1-17-3-12-22(34(31,32)28-19-6-10-21(33-2)11-7-19)13-23(17)24(30)26-14-18-4-8-20(9-5-18)29-16-25-15-27-29/h3-13,15-16,28H,14H2,1-2H3,(H,26,30). The van der Waals surface area contributed by atoms with Crippen LogP contribution in [0.4, 0.5) is 5.69 Å². The predicted octanol–water partition coefficient (Wildman–Crippen LogP) is 3.32. The Labute approximate surface area is 197 Å². The highest BCUT2D eigenvalue weighted by Gasteiger charge is 2.18. The van der Waals surface area contributed by atoms with Crippen molar-refractivity contribution in [3.8, 4) is 11.4 Å². The van der Waals surface area contributed by atoms with Gasteiger partial charge in [0.05, 0.1) is 17.7 Å². The van der Waals surface area contributed by atoms with Crippen LogP contribution in [0.2, 0.25) is 0 Å². The van der Waals surface area contributed by atoms with Gasteiger partial charge in [0.25, 0.3) is 15.9 Å². The van der Waals surface area contributed by atoms with E-state index in [-0.39, 0.29) is 22.9 Å². The number of carbonyl (C=O) groups excluding carboxylic acids is 1. The number of ether oxygens (including phenoxy) is 1. The minimum Gasteiger partial charge on any atom is -0.497 e. The van der Waals surface area contributed by atoms with Crippen molar-refractivity contribution in [2.45, 2.75) is 18.4 Å². The maximum Gasteiger partial charge on any atom is 0.261 e. The summed E-state index contributed by atoms with van der Waals surface area (Å²) in [4.78, 5) is 16.8. The largest absolute Gasteiger partial charge is 0.497 e. The highest BCUT2D eigenvalue weighted by Crippen LogP contribution is 2.21. The Morgan fingerprint density at radius 1 is 1.03 bits per heavy atom. The van der Waals surface area contributed by atoms with Gasteiger partial charge in [-0.3, -0.25) is 9.52 Å². The molecule has 0 atom stereocenters. The number of hydrogen-bond acceptors (Lipinski definition) is 6. The van der Waals surface area contributed by atoms with Crippen molar-refractivity contribution in [2.24, 2.45) is 0 Å². The number of amides is 1. The molecule has 1 amide bonds. The number of anilines is 1. The minimum absolute atomic E-state index is 0.00347. The van der Waals surface area contributed by atoms with Gasteiger partial charge in [-0.1, -0.05) is 18.2 Å². The lowest BCUT2D eigenvalue weighted by Crippen LogP contribution is -2.24. The molecule has 3 aromatic carbocycles. The molecule has 4 aromatic rings. The summed E-state index contributed by atoms with van der Waals surface area (Å²) in [6.07, 6.45) is 3.06. The second-order valence-corrected chi connectivity index (χ2v) is 9.18. The molecule has 10 heteroatoms. The lowest BCUT2D eigenvalue weighted by atomic mass is 10.1. The van der Waals surface area contributed by atoms with Crippen molar-refractivity contribution in [3.63, 3.8) is 0 Å². The third-order valence-corrected chi connectivity index (χ3v) is 6.56. The van der Waals surface area contributed by atoms with Gasteiger partial charge in [-0.25, -0.2) is 18.1 Å². The molecule has 0 aliphatic rings. The lowest BCUT2D eigenvalue weighted by Gasteiger charge is -2.12. The number of hydrogen-bond donors (Lipinski definition) is 2. The third kappa shape index (κ3) is 5.24. The average Bonchev–Trinajstić information content (AvgIpc) is 3.38. The second kappa shape index (κ2) is 9.75. The van der Waals surface area contributed by atoms with Crippen molar-refractivity contribution in [1.29, 1.82) is 0 Å². The zero-order valence-electron chi connectivity index (χ0n) is 18.6. The number of rotatable bonds is 8. The van der Waals surface area contributed by atoms with Gasteiger partial charge >= 0.3 is 0 Å². The molecule has 0 bridgehead atoms. The van der Waals surface area contributed by atoms with E-state index in [1.54, 1.807) is 48.3 Å². The summed E-state index contributed by atoms with van der Waals surface area (Å²) in [5.74, 6) is 0.254. The summed E-state index contributed by atoms with van der Waals surface area (Å²) >= 11 is 0. The monoisotopic (exact) mass is 477 g/mol. The van der Waals surface area contributed by atoms with E-state index in [0.29, 0.717) is 17.0 Å². The topological polar surface area (TPSA) is 115 Å². The molecule has 9 nitrogen and oxygen atoms in total.